The summed E-state index contributed by atoms with van der Waals surface area (Å²) in [7, 11) is 1.67. The Bertz CT molecular complexity index is 791. The molecule has 2 atom stereocenters. The molecule has 0 bridgehead atoms. The first-order chi connectivity index (χ1) is 12.9. The summed E-state index contributed by atoms with van der Waals surface area (Å²) in [6.07, 6.45) is 9.50. The fraction of sp³-hybridized carbons (Fsp3) is 0.375. The van der Waals surface area contributed by atoms with Crippen molar-refractivity contribution in [2.24, 2.45) is 17.3 Å². The zero-order valence-corrected chi connectivity index (χ0v) is 16.6. The van der Waals surface area contributed by atoms with Crippen LogP contribution in [0.25, 0.3) is 5.57 Å². The van der Waals surface area contributed by atoms with Gasteiger partial charge in [0, 0.05) is 12.7 Å². The van der Waals surface area contributed by atoms with Crippen molar-refractivity contribution in [3.8, 4) is 12.3 Å². The van der Waals surface area contributed by atoms with Crippen LogP contribution in [0.3, 0.4) is 0 Å². The number of benzene rings is 1. The van der Waals surface area contributed by atoms with E-state index in [1.54, 1.807) is 13.2 Å². The van der Waals surface area contributed by atoms with Crippen LogP contribution >= 0.6 is 0 Å². The lowest BCUT2D eigenvalue weighted by Gasteiger charge is -2.10. The molecule has 142 valence electrons. The van der Waals surface area contributed by atoms with Crippen LogP contribution in [0.2, 0.25) is 0 Å². The fourth-order valence-corrected chi connectivity index (χ4v) is 3.48. The van der Waals surface area contributed by atoms with Crippen LogP contribution in [0.4, 0.5) is 0 Å². The lowest BCUT2D eigenvalue weighted by Crippen LogP contribution is -2.13. The molecule has 3 heteroatoms. The Labute approximate surface area is 162 Å². The van der Waals surface area contributed by atoms with Gasteiger partial charge >= 0.3 is 5.97 Å². The maximum atomic E-state index is 12.6. The van der Waals surface area contributed by atoms with E-state index < -0.39 is 0 Å². The molecule has 0 heterocycles. The summed E-state index contributed by atoms with van der Waals surface area (Å²) in [6.45, 7) is 10.7. The third kappa shape index (κ3) is 4.78. The maximum absolute atomic E-state index is 12.6. The number of allylic oxidation sites excluding steroid dienone is 3. The lowest BCUT2D eigenvalue weighted by molar-refractivity contribution is -0.145. The highest BCUT2D eigenvalue weighted by Gasteiger charge is 2.61. The predicted octanol–water partition coefficient (Wildman–Crippen LogP) is 4.67. The normalized spacial score (nSPS) is 21.7. The van der Waals surface area contributed by atoms with E-state index in [9.17, 15) is 4.79 Å². The molecule has 0 spiro atoms. The largest absolute Gasteiger partial charge is 0.460 e. The second kappa shape index (κ2) is 8.88. The molecule has 1 aliphatic rings. The van der Waals surface area contributed by atoms with Gasteiger partial charge in [-0.2, -0.15) is 0 Å². The Morgan fingerprint density at radius 3 is 2.52 bits per heavy atom. The van der Waals surface area contributed by atoms with Crippen LogP contribution in [0.1, 0.15) is 26.3 Å². The summed E-state index contributed by atoms with van der Waals surface area (Å²) >= 11 is 0. The Kier molecular flexibility index (Phi) is 6.82. The van der Waals surface area contributed by atoms with Gasteiger partial charge in [0.25, 0.3) is 0 Å². The number of carbonyl (C=O) groups is 1. The van der Waals surface area contributed by atoms with E-state index in [1.165, 1.54) is 0 Å². The Hall–Kier alpha value is -2.57. The molecule has 0 N–H and O–H groups in total. The number of hydrogen-bond acceptors (Lipinski definition) is 3. The molecule has 2 unspecified atom stereocenters. The molecule has 0 radical (unpaired) electrons. The molecule has 1 saturated carbocycles. The molecule has 27 heavy (non-hydrogen) atoms. The van der Waals surface area contributed by atoms with Crippen molar-refractivity contribution in [3.63, 3.8) is 0 Å². The molecule has 1 aromatic carbocycles. The average Bonchev–Trinajstić information content (AvgIpc) is 3.19. The average molecular weight is 364 g/mol. The Morgan fingerprint density at radius 2 is 1.96 bits per heavy atom. The van der Waals surface area contributed by atoms with Crippen LogP contribution in [0.5, 0.6) is 0 Å². The van der Waals surface area contributed by atoms with Gasteiger partial charge in [0.2, 0.25) is 0 Å². The number of methoxy groups -OCH3 is 1. The minimum Gasteiger partial charge on any atom is -0.460 e. The Balaban J connectivity index is 2.10. The van der Waals surface area contributed by atoms with Crippen LogP contribution < -0.4 is 0 Å². The molecule has 2 rings (SSSR count). The summed E-state index contributed by atoms with van der Waals surface area (Å²) in [5, 5.41) is 0. The SMILES string of the molecule is C#CC(COC(=O)C1C(C=C(C)COC)C1(C)C)=C(C=C)c1ccccc1. The van der Waals surface area contributed by atoms with Crippen molar-refractivity contribution in [2.45, 2.75) is 20.8 Å². The van der Waals surface area contributed by atoms with Crippen molar-refractivity contribution >= 4 is 11.5 Å². The summed E-state index contributed by atoms with van der Waals surface area (Å²) in [6, 6.07) is 9.73. The van der Waals surface area contributed by atoms with Gasteiger partial charge in [-0.25, -0.2) is 0 Å². The molecule has 0 amide bonds. The minimum absolute atomic E-state index is 0.0750. The Morgan fingerprint density at radius 1 is 1.30 bits per heavy atom. The smallest absolute Gasteiger partial charge is 0.310 e. The molecule has 0 aliphatic heterocycles. The molecule has 3 nitrogen and oxygen atoms in total. The lowest BCUT2D eigenvalue weighted by atomic mass is 10.0. The van der Waals surface area contributed by atoms with Gasteiger partial charge < -0.3 is 9.47 Å². The summed E-state index contributed by atoms with van der Waals surface area (Å²) in [5.74, 6) is 2.44. The highest BCUT2D eigenvalue weighted by molar-refractivity contribution is 5.81. The first kappa shape index (κ1) is 20.7. The monoisotopic (exact) mass is 364 g/mol. The van der Waals surface area contributed by atoms with Crippen LogP contribution in [0, 0.1) is 29.6 Å². The molecule has 1 aliphatic carbocycles. The standard InChI is InChI=1S/C24H28O3/c1-7-18(20(8-2)19-12-10-9-11-13-19)16-27-23(25)22-21(24(22,4)5)14-17(3)15-26-6/h1,8-14,21-22H,2,15-16H2,3-6H3. The first-order valence-corrected chi connectivity index (χ1v) is 9.07. The minimum atomic E-state index is -0.212. The van der Waals surface area contributed by atoms with E-state index in [0.29, 0.717) is 12.2 Å². The molecule has 1 aromatic rings. The number of carbonyl (C=O) groups excluding carboxylic acids is 1. The molecule has 1 fully saturated rings. The van der Waals surface area contributed by atoms with Gasteiger partial charge in [-0.3, -0.25) is 4.79 Å². The van der Waals surface area contributed by atoms with Crippen molar-refractivity contribution < 1.29 is 14.3 Å². The second-order valence-corrected chi connectivity index (χ2v) is 7.49. The zero-order valence-electron chi connectivity index (χ0n) is 16.6. The number of rotatable bonds is 8. The summed E-state index contributed by atoms with van der Waals surface area (Å²) < 4.78 is 10.7. The summed E-state index contributed by atoms with van der Waals surface area (Å²) in [5.41, 5.74) is 3.39. The van der Waals surface area contributed by atoms with E-state index in [1.807, 2.05) is 37.3 Å². The molecule has 0 aromatic heterocycles. The van der Waals surface area contributed by atoms with Gasteiger partial charge in [-0.1, -0.05) is 74.4 Å². The van der Waals surface area contributed by atoms with Crippen LogP contribution in [0.15, 0.2) is 60.2 Å². The van der Waals surface area contributed by atoms with E-state index in [-0.39, 0.29) is 29.8 Å². The third-order valence-corrected chi connectivity index (χ3v) is 5.15. The number of ether oxygens (including phenoxy) is 2. The summed E-state index contributed by atoms with van der Waals surface area (Å²) in [4.78, 5) is 12.6. The first-order valence-electron chi connectivity index (χ1n) is 9.07. The number of hydrogen-bond donors (Lipinski definition) is 0. The topological polar surface area (TPSA) is 35.5 Å². The van der Waals surface area contributed by atoms with Crippen molar-refractivity contribution in [1.29, 1.82) is 0 Å². The molecule has 0 saturated heterocycles. The van der Waals surface area contributed by atoms with E-state index >= 15 is 0 Å². The highest BCUT2D eigenvalue weighted by atomic mass is 16.5. The third-order valence-electron chi connectivity index (χ3n) is 5.15. The zero-order chi connectivity index (χ0) is 20.0. The molecular formula is C24H28O3. The highest BCUT2D eigenvalue weighted by Crippen LogP contribution is 2.59. The van der Waals surface area contributed by atoms with Gasteiger partial charge in [0.1, 0.15) is 6.61 Å². The number of esters is 1. The van der Waals surface area contributed by atoms with Crippen LogP contribution in [-0.2, 0) is 14.3 Å². The fourth-order valence-electron chi connectivity index (χ4n) is 3.48. The number of terminal acetylenes is 1. The predicted molar refractivity (Wildman–Crippen MR) is 110 cm³/mol. The van der Waals surface area contributed by atoms with Crippen LogP contribution in [-0.4, -0.2) is 26.3 Å². The van der Waals surface area contributed by atoms with Gasteiger partial charge in [0.15, 0.2) is 0 Å². The maximum Gasteiger partial charge on any atom is 0.310 e. The van der Waals surface area contributed by atoms with Crippen molar-refractivity contribution in [2.75, 3.05) is 20.3 Å². The van der Waals surface area contributed by atoms with Gasteiger partial charge in [-0.05, 0) is 29.4 Å². The van der Waals surface area contributed by atoms with E-state index in [2.05, 4.69) is 32.4 Å². The van der Waals surface area contributed by atoms with E-state index in [0.717, 1.165) is 16.7 Å². The van der Waals surface area contributed by atoms with Gasteiger partial charge in [-0.15, -0.1) is 6.42 Å². The quantitative estimate of drug-likeness (QED) is 0.291. The second-order valence-electron chi connectivity index (χ2n) is 7.49. The van der Waals surface area contributed by atoms with E-state index in [4.69, 9.17) is 15.9 Å². The molecular weight excluding hydrogens is 336 g/mol. The van der Waals surface area contributed by atoms with Gasteiger partial charge in [0.05, 0.1) is 12.5 Å². The van der Waals surface area contributed by atoms with Crippen molar-refractivity contribution in [3.05, 3.63) is 65.8 Å². The van der Waals surface area contributed by atoms with Crippen molar-refractivity contribution in [1.82, 2.24) is 0 Å².